The van der Waals surface area contributed by atoms with Gasteiger partial charge in [-0.15, -0.1) is 0 Å². The number of hydrogen-bond donors (Lipinski definition) is 3. The maximum atomic E-state index is 12.3. The Kier molecular flexibility index (Phi) is 3.85. The summed E-state index contributed by atoms with van der Waals surface area (Å²) in [6.45, 7) is 0.346. The second-order valence-electron chi connectivity index (χ2n) is 4.90. The number of hydrogen-bond acceptors (Lipinski definition) is 3. The van der Waals surface area contributed by atoms with Gasteiger partial charge in [0.2, 0.25) is 0 Å². The van der Waals surface area contributed by atoms with E-state index in [1.54, 1.807) is 0 Å². The molecule has 0 aliphatic heterocycles. The number of alkyl halides is 3. The van der Waals surface area contributed by atoms with Crippen molar-refractivity contribution in [2.45, 2.75) is 19.0 Å². The Hall–Kier alpha value is -1.83. The van der Waals surface area contributed by atoms with Crippen molar-refractivity contribution in [1.82, 2.24) is 10.3 Å². The Labute approximate surface area is 113 Å². The van der Waals surface area contributed by atoms with E-state index in [9.17, 15) is 18.0 Å². The first-order valence-electron chi connectivity index (χ1n) is 6.04. The van der Waals surface area contributed by atoms with E-state index in [4.69, 9.17) is 5.11 Å². The van der Waals surface area contributed by atoms with Crippen molar-refractivity contribution < 1.29 is 23.1 Å². The van der Waals surface area contributed by atoms with Crippen LogP contribution in [0.15, 0.2) is 18.3 Å². The van der Waals surface area contributed by atoms with Gasteiger partial charge in [-0.25, -0.2) is 9.78 Å². The lowest BCUT2D eigenvalue weighted by Gasteiger charge is -2.13. The van der Waals surface area contributed by atoms with Gasteiger partial charge in [-0.05, 0) is 25.0 Å². The standard InChI is InChI=1S/C12H14F3N3O2/c13-12(14,15)9-2-1-8(5-16-9)18-10(20)17-6-11(7-19)3-4-11/h1-2,5,19H,3-4,6-7H2,(H2,17,18,20). The average molecular weight is 289 g/mol. The number of carbonyl (C=O) groups is 1. The Balaban J connectivity index is 1.85. The molecule has 5 nitrogen and oxygen atoms in total. The predicted molar refractivity (Wildman–Crippen MR) is 65.0 cm³/mol. The number of anilines is 1. The lowest BCUT2D eigenvalue weighted by Crippen LogP contribution is -2.35. The van der Waals surface area contributed by atoms with Crippen molar-refractivity contribution in [3.63, 3.8) is 0 Å². The van der Waals surface area contributed by atoms with E-state index in [1.165, 1.54) is 0 Å². The molecule has 1 fully saturated rings. The molecule has 0 spiro atoms. The van der Waals surface area contributed by atoms with Crippen LogP contribution in [0, 0.1) is 5.41 Å². The first-order valence-corrected chi connectivity index (χ1v) is 6.04. The van der Waals surface area contributed by atoms with Gasteiger partial charge < -0.3 is 15.7 Å². The van der Waals surface area contributed by atoms with E-state index in [2.05, 4.69) is 15.6 Å². The molecule has 1 aliphatic carbocycles. The molecule has 0 bridgehead atoms. The summed E-state index contributed by atoms with van der Waals surface area (Å²) in [4.78, 5) is 14.8. The molecule has 0 atom stereocenters. The minimum Gasteiger partial charge on any atom is -0.396 e. The van der Waals surface area contributed by atoms with Gasteiger partial charge in [-0.1, -0.05) is 0 Å². The molecule has 8 heteroatoms. The summed E-state index contributed by atoms with van der Waals surface area (Å²) in [5.74, 6) is 0. The molecule has 1 heterocycles. The Bertz CT molecular complexity index is 484. The summed E-state index contributed by atoms with van der Waals surface area (Å²) in [6.07, 6.45) is -1.85. The lowest BCUT2D eigenvalue weighted by molar-refractivity contribution is -0.141. The minimum atomic E-state index is -4.50. The van der Waals surface area contributed by atoms with Crippen LogP contribution in [0.25, 0.3) is 0 Å². The molecule has 3 N–H and O–H groups in total. The van der Waals surface area contributed by atoms with Crippen molar-refractivity contribution in [3.05, 3.63) is 24.0 Å². The highest BCUT2D eigenvalue weighted by Gasteiger charge is 2.42. The number of pyridine rings is 1. The zero-order valence-corrected chi connectivity index (χ0v) is 10.5. The molecule has 1 saturated carbocycles. The fraction of sp³-hybridized carbons (Fsp3) is 0.500. The zero-order chi connectivity index (χ0) is 14.8. The number of nitrogens with one attached hydrogen (secondary N) is 2. The number of carbonyl (C=O) groups excluding carboxylic acids is 1. The van der Waals surface area contributed by atoms with Crippen LogP contribution < -0.4 is 10.6 Å². The largest absolute Gasteiger partial charge is 0.433 e. The van der Waals surface area contributed by atoms with E-state index < -0.39 is 17.9 Å². The van der Waals surface area contributed by atoms with Crippen LogP contribution >= 0.6 is 0 Å². The van der Waals surface area contributed by atoms with Crippen molar-refractivity contribution in [2.24, 2.45) is 5.41 Å². The van der Waals surface area contributed by atoms with Crippen LogP contribution in [0.5, 0.6) is 0 Å². The highest BCUT2D eigenvalue weighted by Crippen LogP contribution is 2.44. The van der Waals surface area contributed by atoms with Crippen LogP contribution in [0.1, 0.15) is 18.5 Å². The van der Waals surface area contributed by atoms with Gasteiger partial charge in [0.15, 0.2) is 0 Å². The molecule has 1 aliphatic rings. The fourth-order valence-electron chi connectivity index (χ4n) is 1.65. The monoisotopic (exact) mass is 289 g/mol. The van der Waals surface area contributed by atoms with Crippen LogP contribution in [0.3, 0.4) is 0 Å². The average Bonchev–Trinajstić information content (AvgIpc) is 3.17. The minimum absolute atomic E-state index is 0.00904. The number of nitrogens with zero attached hydrogens (tertiary/aromatic N) is 1. The molecular formula is C12H14F3N3O2. The number of aromatic nitrogens is 1. The second-order valence-corrected chi connectivity index (χ2v) is 4.90. The number of rotatable bonds is 4. The Morgan fingerprint density at radius 2 is 2.10 bits per heavy atom. The van der Waals surface area contributed by atoms with E-state index >= 15 is 0 Å². The van der Waals surface area contributed by atoms with Gasteiger partial charge in [-0.2, -0.15) is 13.2 Å². The fourth-order valence-corrected chi connectivity index (χ4v) is 1.65. The third kappa shape index (κ3) is 3.60. The van der Waals surface area contributed by atoms with E-state index in [0.29, 0.717) is 6.54 Å². The van der Waals surface area contributed by atoms with E-state index in [1.807, 2.05) is 0 Å². The van der Waals surface area contributed by atoms with Gasteiger partial charge in [0, 0.05) is 12.0 Å². The number of urea groups is 1. The van der Waals surface area contributed by atoms with Gasteiger partial charge in [0.1, 0.15) is 5.69 Å². The molecule has 2 rings (SSSR count). The third-order valence-electron chi connectivity index (χ3n) is 3.23. The molecule has 0 aromatic carbocycles. The Morgan fingerprint density at radius 3 is 2.55 bits per heavy atom. The Morgan fingerprint density at radius 1 is 1.40 bits per heavy atom. The van der Waals surface area contributed by atoms with Crippen LogP contribution in [0.2, 0.25) is 0 Å². The second kappa shape index (κ2) is 5.28. The van der Waals surface area contributed by atoms with Crippen molar-refractivity contribution in [2.75, 3.05) is 18.5 Å². The quantitative estimate of drug-likeness (QED) is 0.793. The number of aliphatic hydroxyl groups excluding tert-OH is 1. The molecule has 110 valence electrons. The van der Waals surface area contributed by atoms with E-state index in [-0.39, 0.29) is 17.7 Å². The molecule has 20 heavy (non-hydrogen) atoms. The van der Waals surface area contributed by atoms with Crippen LogP contribution in [0.4, 0.5) is 23.7 Å². The summed E-state index contributed by atoms with van der Waals surface area (Å²) in [6, 6.07) is 1.39. The van der Waals surface area contributed by atoms with Gasteiger partial charge in [-0.3, -0.25) is 0 Å². The molecule has 0 saturated heterocycles. The van der Waals surface area contributed by atoms with Crippen molar-refractivity contribution in [1.29, 1.82) is 0 Å². The smallest absolute Gasteiger partial charge is 0.396 e. The van der Waals surface area contributed by atoms with Gasteiger partial charge in [0.05, 0.1) is 18.5 Å². The molecule has 2 amide bonds. The highest BCUT2D eigenvalue weighted by atomic mass is 19.4. The molecule has 1 aromatic heterocycles. The molecular weight excluding hydrogens is 275 g/mol. The van der Waals surface area contributed by atoms with E-state index in [0.717, 1.165) is 31.2 Å². The molecule has 0 unspecified atom stereocenters. The molecule has 1 aromatic rings. The first-order chi connectivity index (χ1) is 9.35. The summed E-state index contributed by atoms with van der Waals surface area (Å²) >= 11 is 0. The number of aliphatic hydroxyl groups is 1. The van der Waals surface area contributed by atoms with Gasteiger partial charge in [0.25, 0.3) is 0 Å². The van der Waals surface area contributed by atoms with Crippen molar-refractivity contribution >= 4 is 11.7 Å². The highest BCUT2D eigenvalue weighted by molar-refractivity contribution is 5.89. The first kappa shape index (κ1) is 14.6. The van der Waals surface area contributed by atoms with Gasteiger partial charge >= 0.3 is 12.2 Å². The SMILES string of the molecule is O=C(NCC1(CO)CC1)Nc1ccc(C(F)(F)F)nc1. The summed E-state index contributed by atoms with van der Waals surface area (Å²) in [7, 11) is 0. The normalized spacial score (nSPS) is 16.6. The predicted octanol–water partition coefficient (Wildman–Crippen LogP) is 1.99. The molecule has 0 radical (unpaired) electrons. The summed E-state index contributed by atoms with van der Waals surface area (Å²) < 4.78 is 36.9. The lowest BCUT2D eigenvalue weighted by atomic mass is 10.1. The van der Waals surface area contributed by atoms with Crippen molar-refractivity contribution in [3.8, 4) is 0 Å². The third-order valence-corrected chi connectivity index (χ3v) is 3.23. The maximum Gasteiger partial charge on any atom is 0.433 e. The zero-order valence-electron chi connectivity index (χ0n) is 10.5. The van der Waals surface area contributed by atoms with Crippen LogP contribution in [-0.2, 0) is 6.18 Å². The summed E-state index contributed by atoms with van der Waals surface area (Å²) in [5, 5.41) is 14.0. The maximum absolute atomic E-state index is 12.3. The number of halogens is 3. The van der Waals surface area contributed by atoms with Crippen LogP contribution in [-0.4, -0.2) is 29.3 Å². The topological polar surface area (TPSA) is 74.2 Å². The number of amides is 2. The summed E-state index contributed by atoms with van der Waals surface area (Å²) in [5.41, 5.74) is -1.07.